The Hall–Kier alpha value is -1.35. The molecule has 3 nitrogen and oxygen atoms in total. The van der Waals surface area contributed by atoms with Crippen LogP contribution in [0.2, 0.25) is 0 Å². The first-order valence-electron chi connectivity index (χ1n) is 11.2. The van der Waals surface area contributed by atoms with Crippen molar-refractivity contribution >= 4 is 28.4 Å². The summed E-state index contributed by atoms with van der Waals surface area (Å²) in [6.45, 7) is 14.3. The van der Waals surface area contributed by atoms with Crippen LogP contribution < -0.4 is 0 Å². The number of rotatable bonds is 8. The molecule has 0 saturated carbocycles. The Balaban J connectivity index is 0.00000122. The summed E-state index contributed by atoms with van der Waals surface area (Å²) in [6.07, 6.45) is 0. The molecule has 0 atom stereocenters. The maximum absolute atomic E-state index is 4.93. The standard InChI is InChI=1S/C27H33N3.2ClH.Zr/c1-18(2)24-14-7-10-20(5)26(24)28-16-22-12-9-13-23(30-22)17-29-27-21(6)11-8-15-25(27)19(3)4;;;/h7-15,18-19H,16-17H2,1-6H3;2*1H;/q-2;;;+4/p-2. The summed E-state index contributed by atoms with van der Waals surface area (Å²) in [5.74, 6) is 0.900. The van der Waals surface area contributed by atoms with Crippen molar-refractivity contribution in [2.24, 2.45) is 0 Å². The van der Waals surface area contributed by atoms with Crippen molar-refractivity contribution in [1.82, 2.24) is 4.98 Å². The van der Waals surface area contributed by atoms with Gasteiger partial charge in [-0.25, -0.2) is 0 Å². The number of aryl methyl sites for hydroxylation is 2. The number of aromatic nitrogens is 1. The van der Waals surface area contributed by atoms with Crippen LogP contribution in [-0.2, 0) is 33.9 Å². The Morgan fingerprint density at radius 1 is 0.697 bits per heavy atom. The van der Waals surface area contributed by atoms with Gasteiger partial charge in [-0.1, -0.05) is 106 Å². The average Bonchev–Trinajstić information content (AvgIpc) is 2.77. The number of hydrogen-bond donors (Lipinski definition) is 0. The second kappa shape index (κ2) is 14.1. The summed E-state index contributed by atoms with van der Waals surface area (Å²) in [4.78, 5) is 4.82. The van der Waals surface area contributed by atoms with Gasteiger partial charge in [-0.15, -0.1) is 11.4 Å². The third-order valence-corrected chi connectivity index (χ3v) is 5.44. The molecule has 0 aliphatic heterocycles. The second-order valence-corrected chi connectivity index (χ2v) is 12.4. The normalized spacial score (nSPS) is 10.5. The van der Waals surface area contributed by atoms with E-state index < -0.39 is 20.8 Å². The van der Waals surface area contributed by atoms with Crippen molar-refractivity contribution in [2.75, 3.05) is 0 Å². The van der Waals surface area contributed by atoms with E-state index >= 15 is 0 Å². The van der Waals surface area contributed by atoms with Crippen LogP contribution in [0.5, 0.6) is 0 Å². The molecule has 0 spiro atoms. The Morgan fingerprint density at radius 3 is 1.42 bits per heavy atom. The number of benzene rings is 2. The van der Waals surface area contributed by atoms with Crippen molar-refractivity contribution < 1.29 is 20.8 Å². The Bertz CT molecular complexity index is 945. The predicted molar refractivity (Wildman–Crippen MR) is 140 cm³/mol. The van der Waals surface area contributed by atoms with E-state index in [0.29, 0.717) is 24.9 Å². The van der Waals surface area contributed by atoms with Gasteiger partial charge in [0.25, 0.3) is 0 Å². The zero-order chi connectivity index (χ0) is 24.4. The van der Waals surface area contributed by atoms with Crippen molar-refractivity contribution in [3.63, 3.8) is 0 Å². The van der Waals surface area contributed by atoms with Crippen molar-refractivity contribution in [1.29, 1.82) is 0 Å². The SMILES string of the molecule is Cc1cccc(C(C)C)c1[N-]Cc1cccc(C[N-]c2c(C)cccc2C(C)C)n1.[Cl][Zr+2][Cl]. The molecule has 0 radical (unpaired) electrons. The van der Waals surface area contributed by atoms with Crippen LogP contribution in [0.4, 0.5) is 11.4 Å². The van der Waals surface area contributed by atoms with E-state index in [1.807, 2.05) is 12.1 Å². The minimum atomic E-state index is -0.826. The summed E-state index contributed by atoms with van der Waals surface area (Å²) in [5.41, 5.74) is 9.19. The van der Waals surface area contributed by atoms with Gasteiger partial charge in [-0.3, -0.25) is 4.98 Å². The van der Waals surface area contributed by atoms with Gasteiger partial charge in [-0.05, 0) is 37.8 Å². The van der Waals surface area contributed by atoms with E-state index in [4.69, 9.17) is 32.6 Å². The molecule has 33 heavy (non-hydrogen) atoms. The van der Waals surface area contributed by atoms with Gasteiger partial charge in [0.05, 0.1) is 0 Å². The van der Waals surface area contributed by atoms with Crippen LogP contribution >= 0.6 is 17.0 Å². The molecule has 174 valence electrons. The molecule has 0 unspecified atom stereocenters. The fourth-order valence-electron chi connectivity index (χ4n) is 3.75. The van der Waals surface area contributed by atoms with E-state index in [-0.39, 0.29) is 0 Å². The van der Waals surface area contributed by atoms with Crippen LogP contribution in [0.3, 0.4) is 0 Å². The first kappa shape index (κ1) is 27.9. The van der Waals surface area contributed by atoms with Gasteiger partial charge in [0.2, 0.25) is 0 Å². The van der Waals surface area contributed by atoms with Crippen molar-refractivity contribution in [2.45, 2.75) is 66.5 Å². The number of pyridine rings is 1. The van der Waals surface area contributed by atoms with Crippen LogP contribution in [0, 0.1) is 13.8 Å². The minimum absolute atomic E-state index is 0.450. The van der Waals surface area contributed by atoms with Gasteiger partial charge in [-0.2, -0.15) is 0 Å². The van der Waals surface area contributed by atoms with Crippen LogP contribution in [0.1, 0.15) is 73.2 Å². The third kappa shape index (κ3) is 8.43. The van der Waals surface area contributed by atoms with Crippen LogP contribution in [-0.4, -0.2) is 4.98 Å². The van der Waals surface area contributed by atoms with Crippen molar-refractivity contribution in [3.05, 3.63) is 98.9 Å². The molecule has 0 aliphatic carbocycles. The van der Waals surface area contributed by atoms with Crippen LogP contribution in [0.15, 0.2) is 54.6 Å². The van der Waals surface area contributed by atoms with E-state index in [0.717, 1.165) is 22.8 Å². The van der Waals surface area contributed by atoms with Gasteiger partial charge >= 0.3 is 37.9 Å². The fourth-order valence-corrected chi connectivity index (χ4v) is 3.75. The fraction of sp³-hybridized carbons (Fsp3) is 0.370. The molecule has 2 aromatic carbocycles. The monoisotopic (exact) mass is 559 g/mol. The molecule has 0 aliphatic rings. The molecule has 1 heterocycles. The predicted octanol–water partition coefficient (Wildman–Crippen LogP) is 9.73. The molecule has 1 aromatic heterocycles. The molecule has 0 fully saturated rings. The topological polar surface area (TPSA) is 41.1 Å². The number of hydrogen-bond acceptors (Lipinski definition) is 1. The Morgan fingerprint density at radius 2 is 1.06 bits per heavy atom. The average molecular weight is 562 g/mol. The quantitative estimate of drug-likeness (QED) is 0.270. The Labute approximate surface area is 218 Å². The van der Waals surface area contributed by atoms with Gasteiger partial charge in [0.1, 0.15) is 0 Å². The van der Waals surface area contributed by atoms with E-state index in [9.17, 15) is 0 Å². The molecule has 0 saturated heterocycles. The summed E-state index contributed by atoms with van der Waals surface area (Å²) >= 11 is -0.826. The molecule has 0 N–H and O–H groups in total. The van der Waals surface area contributed by atoms with E-state index in [1.165, 1.54) is 22.3 Å². The molecule has 0 amide bonds. The van der Waals surface area contributed by atoms with Gasteiger partial charge < -0.3 is 10.6 Å². The molecule has 3 aromatic rings. The summed E-state index contributed by atoms with van der Waals surface area (Å²) < 4.78 is 0. The molecule has 6 heteroatoms. The Kier molecular flexibility index (Phi) is 12.0. The number of para-hydroxylation sites is 2. The molecule has 3 rings (SSSR count). The van der Waals surface area contributed by atoms with E-state index in [2.05, 4.69) is 84.0 Å². The zero-order valence-corrected chi connectivity index (χ0v) is 24.3. The first-order valence-corrected chi connectivity index (χ1v) is 17.6. The summed E-state index contributed by atoms with van der Waals surface area (Å²) in [7, 11) is 9.87. The third-order valence-electron chi connectivity index (χ3n) is 5.44. The van der Waals surface area contributed by atoms with Crippen LogP contribution in [0.25, 0.3) is 10.6 Å². The van der Waals surface area contributed by atoms with Crippen molar-refractivity contribution in [3.8, 4) is 0 Å². The zero-order valence-electron chi connectivity index (χ0n) is 20.4. The van der Waals surface area contributed by atoms with Gasteiger partial charge in [0.15, 0.2) is 0 Å². The first-order chi connectivity index (χ1) is 15.8. The summed E-state index contributed by atoms with van der Waals surface area (Å²) in [6, 6.07) is 19.0. The summed E-state index contributed by atoms with van der Waals surface area (Å²) in [5, 5.41) is 9.83. The maximum atomic E-state index is 4.93. The number of nitrogens with zero attached hydrogens (tertiary/aromatic N) is 3. The molecular formula is C27H33Cl2N3Zr. The number of halogens is 2. The molecular weight excluding hydrogens is 528 g/mol. The second-order valence-electron chi connectivity index (χ2n) is 8.66. The molecule has 0 bridgehead atoms. The van der Waals surface area contributed by atoms with E-state index in [1.54, 1.807) is 0 Å². The van der Waals surface area contributed by atoms with Gasteiger partial charge in [0, 0.05) is 11.4 Å².